The molecule has 1 aromatic carbocycles. The van der Waals surface area contributed by atoms with Gasteiger partial charge in [0.2, 0.25) is 0 Å². The number of rotatable bonds is 10. The average Bonchev–Trinajstić information content (AvgIpc) is 3.38. The molecular formula is C27H32N3O4. The molecule has 0 saturated carbocycles. The maximum Gasteiger partial charge on any atom is 0.272 e. The topological polar surface area (TPSA) is 81.6 Å². The number of piperidine rings is 1. The van der Waals surface area contributed by atoms with Gasteiger partial charge in [0.15, 0.2) is 0 Å². The molecule has 1 saturated heterocycles. The van der Waals surface area contributed by atoms with Crippen LogP contribution in [0.15, 0.2) is 53.1 Å². The van der Waals surface area contributed by atoms with Crippen molar-refractivity contribution in [1.82, 2.24) is 9.88 Å². The van der Waals surface area contributed by atoms with E-state index in [1.807, 2.05) is 30.3 Å². The van der Waals surface area contributed by atoms with E-state index in [9.17, 15) is 10.1 Å². The molecule has 1 radical (unpaired) electrons. The Balaban J connectivity index is 1.53. The van der Waals surface area contributed by atoms with Crippen molar-refractivity contribution in [2.75, 3.05) is 26.2 Å². The van der Waals surface area contributed by atoms with Crippen LogP contribution in [0.3, 0.4) is 0 Å². The average molecular weight is 463 g/mol. The van der Waals surface area contributed by atoms with Gasteiger partial charge in [-0.15, -0.1) is 0 Å². The number of nitro groups is 1. The number of furan rings is 1. The van der Waals surface area contributed by atoms with Gasteiger partial charge >= 0.3 is 0 Å². The zero-order valence-corrected chi connectivity index (χ0v) is 19.7. The van der Waals surface area contributed by atoms with Gasteiger partial charge in [0.1, 0.15) is 5.76 Å². The number of hydrogen-bond acceptors (Lipinski definition) is 6. The second kappa shape index (κ2) is 11.4. The summed E-state index contributed by atoms with van der Waals surface area (Å²) in [7, 11) is 0. The number of nitrogens with zero attached hydrogens (tertiary/aromatic N) is 3. The van der Waals surface area contributed by atoms with Crippen molar-refractivity contribution in [3.8, 4) is 11.1 Å². The maximum absolute atomic E-state index is 11.5. The number of hydrogen-bond donors (Lipinski definition) is 0. The molecule has 0 bridgehead atoms. The van der Waals surface area contributed by atoms with Crippen LogP contribution in [0.2, 0.25) is 0 Å². The zero-order valence-electron chi connectivity index (χ0n) is 19.7. The monoisotopic (exact) mass is 462 g/mol. The second-order valence-corrected chi connectivity index (χ2v) is 8.97. The Morgan fingerprint density at radius 3 is 2.68 bits per heavy atom. The zero-order chi connectivity index (χ0) is 23.9. The van der Waals surface area contributed by atoms with Crippen molar-refractivity contribution in [2.45, 2.75) is 45.1 Å². The number of pyridine rings is 1. The molecule has 3 heterocycles. The lowest BCUT2D eigenvalue weighted by Gasteiger charge is -2.26. The Hall–Kier alpha value is -3.03. The van der Waals surface area contributed by atoms with Crippen molar-refractivity contribution < 1.29 is 14.1 Å². The van der Waals surface area contributed by atoms with E-state index in [0.717, 1.165) is 47.9 Å². The molecular weight excluding hydrogens is 430 g/mol. The van der Waals surface area contributed by atoms with E-state index in [-0.39, 0.29) is 16.5 Å². The van der Waals surface area contributed by atoms with Crippen molar-refractivity contribution in [3.05, 3.63) is 88.5 Å². The summed E-state index contributed by atoms with van der Waals surface area (Å²) in [6.07, 6.45) is 6.08. The van der Waals surface area contributed by atoms with Gasteiger partial charge in [0, 0.05) is 29.8 Å². The first-order valence-corrected chi connectivity index (χ1v) is 11.9. The van der Waals surface area contributed by atoms with E-state index >= 15 is 0 Å². The lowest BCUT2D eigenvalue weighted by Crippen LogP contribution is -2.32. The van der Waals surface area contributed by atoms with Crippen LogP contribution in [0.25, 0.3) is 11.1 Å². The summed E-state index contributed by atoms with van der Waals surface area (Å²) >= 11 is 0. The van der Waals surface area contributed by atoms with Gasteiger partial charge in [-0.3, -0.25) is 15.1 Å². The standard InChI is InChI=1S/C27H32N3O4/c1-20-8-9-22(18-26(20)30(31)32)23-16-24(15-21(2)27-7-6-13-34-27)28-25(17-23)19-33-14-12-29-10-4-3-5-11-29/h6-9,13,16-18,21H,2-5,10-12,14-15,19H2,1H3. The van der Waals surface area contributed by atoms with Crippen LogP contribution in [0.4, 0.5) is 5.69 Å². The van der Waals surface area contributed by atoms with Crippen molar-refractivity contribution in [3.63, 3.8) is 0 Å². The lowest BCUT2D eigenvalue weighted by molar-refractivity contribution is -0.385. The number of aryl methyl sites for hydroxylation is 1. The van der Waals surface area contributed by atoms with E-state index in [1.54, 1.807) is 25.3 Å². The molecule has 7 heteroatoms. The minimum absolute atomic E-state index is 0.0852. The molecule has 0 spiro atoms. The van der Waals surface area contributed by atoms with E-state index in [1.165, 1.54) is 19.3 Å². The van der Waals surface area contributed by atoms with Gasteiger partial charge in [0.25, 0.3) is 5.69 Å². The third-order valence-corrected chi connectivity index (χ3v) is 6.32. The number of benzene rings is 1. The predicted molar refractivity (Wildman–Crippen MR) is 132 cm³/mol. The van der Waals surface area contributed by atoms with Crippen LogP contribution in [0, 0.1) is 24.0 Å². The summed E-state index contributed by atoms with van der Waals surface area (Å²) in [4.78, 5) is 18.4. The molecule has 1 aliphatic heterocycles. The molecule has 0 amide bonds. The smallest absolute Gasteiger partial charge is 0.272 e. The molecule has 1 aliphatic rings. The fraction of sp³-hybridized carbons (Fsp3) is 0.407. The number of nitro benzene ring substituents is 1. The summed E-state index contributed by atoms with van der Waals surface area (Å²) in [6, 6.07) is 13.0. The van der Waals surface area contributed by atoms with Gasteiger partial charge in [-0.2, -0.15) is 0 Å². The highest BCUT2D eigenvalue weighted by atomic mass is 16.6. The number of aromatic nitrogens is 1. The largest absolute Gasteiger partial charge is 0.469 e. The van der Waals surface area contributed by atoms with Crippen LogP contribution in [-0.2, 0) is 17.8 Å². The molecule has 3 aromatic rings. The summed E-state index contributed by atoms with van der Waals surface area (Å²) in [5.74, 6) is 0.718. The van der Waals surface area contributed by atoms with E-state index < -0.39 is 0 Å². The molecule has 2 aromatic heterocycles. The third-order valence-electron chi connectivity index (χ3n) is 6.32. The fourth-order valence-electron chi connectivity index (χ4n) is 4.41. The van der Waals surface area contributed by atoms with Crippen LogP contribution in [0.1, 0.15) is 47.9 Å². The third kappa shape index (κ3) is 6.30. The second-order valence-electron chi connectivity index (χ2n) is 8.97. The number of likely N-dealkylation sites (tertiary alicyclic amines) is 1. The molecule has 179 valence electrons. The van der Waals surface area contributed by atoms with E-state index in [2.05, 4.69) is 11.8 Å². The van der Waals surface area contributed by atoms with Crippen LogP contribution in [-0.4, -0.2) is 41.0 Å². The van der Waals surface area contributed by atoms with Crippen molar-refractivity contribution in [1.29, 1.82) is 0 Å². The Labute approximate surface area is 200 Å². The summed E-state index contributed by atoms with van der Waals surface area (Å²) in [5.41, 5.74) is 4.08. The first-order valence-electron chi connectivity index (χ1n) is 11.9. The van der Waals surface area contributed by atoms with Gasteiger partial charge in [0.05, 0.1) is 30.1 Å². The van der Waals surface area contributed by atoms with Crippen molar-refractivity contribution in [2.24, 2.45) is 0 Å². The molecule has 0 N–H and O–H groups in total. The van der Waals surface area contributed by atoms with Gasteiger partial charge < -0.3 is 14.1 Å². The summed E-state index contributed by atoms with van der Waals surface area (Å²) < 4.78 is 11.5. The van der Waals surface area contributed by atoms with Gasteiger partial charge in [-0.1, -0.05) is 18.6 Å². The fourth-order valence-corrected chi connectivity index (χ4v) is 4.41. The molecule has 34 heavy (non-hydrogen) atoms. The first-order chi connectivity index (χ1) is 16.5. The van der Waals surface area contributed by atoms with Gasteiger partial charge in [-0.25, -0.2) is 0 Å². The van der Waals surface area contributed by atoms with Crippen LogP contribution >= 0.6 is 0 Å². The number of ether oxygens (including phenoxy) is 1. The Bertz CT molecular complexity index is 1090. The SMILES string of the molecule is [CH2]C(Cc1cc(-c2ccc(C)c([N+](=O)[O-])c2)cc(COCCN2CCCCC2)n1)c1ccco1. The molecule has 0 aliphatic carbocycles. The van der Waals surface area contributed by atoms with Crippen molar-refractivity contribution >= 4 is 5.69 Å². The quantitative estimate of drug-likeness (QED) is 0.218. The maximum atomic E-state index is 11.5. The first kappa shape index (κ1) is 24.1. The minimum Gasteiger partial charge on any atom is -0.469 e. The Morgan fingerprint density at radius 1 is 1.15 bits per heavy atom. The van der Waals surface area contributed by atoms with Crippen LogP contribution < -0.4 is 0 Å². The summed E-state index contributed by atoms with van der Waals surface area (Å²) in [5, 5.41) is 11.5. The normalized spacial score (nSPS) is 15.4. The Kier molecular flexibility index (Phi) is 8.08. The molecule has 1 fully saturated rings. The van der Waals surface area contributed by atoms with E-state index in [4.69, 9.17) is 14.1 Å². The lowest BCUT2D eigenvalue weighted by atomic mass is 9.98. The highest BCUT2D eigenvalue weighted by Gasteiger charge is 2.16. The van der Waals surface area contributed by atoms with Crippen LogP contribution in [0.5, 0.6) is 0 Å². The van der Waals surface area contributed by atoms with Gasteiger partial charge in [-0.05, 0) is 81.6 Å². The van der Waals surface area contributed by atoms with E-state index in [0.29, 0.717) is 25.2 Å². The molecule has 4 rings (SSSR count). The molecule has 1 unspecified atom stereocenters. The minimum atomic E-state index is -0.339. The highest BCUT2D eigenvalue weighted by Crippen LogP contribution is 2.29. The summed E-state index contributed by atoms with van der Waals surface area (Å²) in [6.45, 7) is 10.2. The highest BCUT2D eigenvalue weighted by molar-refractivity contribution is 5.68. The molecule has 7 nitrogen and oxygen atoms in total. The predicted octanol–water partition coefficient (Wildman–Crippen LogP) is 5.72. The molecule has 1 atom stereocenters. The Morgan fingerprint density at radius 2 is 1.94 bits per heavy atom.